The fourth-order valence-electron chi connectivity index (χ4n) is 2.25. The smallest absolute Gasteiger partial charge is 0.0615 e. The van der Waals surface area contributed by atoms with Gasteiger partial charge in [0.2, 0.25) is 0 Å². The van der Waals surface area contributed by atoms with Crippen LogP contribution in [0.2, 0.25) is 0 Å². The van der Waals surface area contributed by atoms with Crippen LogP contribution in [-0.4, -0.2) is 47.5 Å². The molecule has 0 amide bonds. The van der Waals surface area contributed by atoms with Gasteiger partial charge in [-0.25, -0.2) is 0 Å². The zero-order valence-electron chi connectivity index (χ0n) is 11.3. The van der Waals surface area contributed by atoms with Crippen LogP contribution in [0.3, 0.4) is 0 Å². The number of aromatic nitrogens is 2. The van der Waals surface area contributed by atoms with Gasteiger partial charge in [0, 0.05) is 38.5 Å². The molecule has 2 N–H and O–H groups in total. The lowest BCUT2D eigenvalue weighted by Crippen LogP contribution is -2.42. The summed E-state index contributed by atoms with van der Waals surface area (Å²) in [6.07, 6.45) is 3.92. The Hall–Kier alpha value is -0.910. The Bertz CT molecular complexity index is 326. The van der Waals surface area contributed by atoms with Crippen molar-refractivity contribution in [2.45, 2.75) is 25.9 Å². The molecule has 98 valence electrons. The molecule has 0 aliphatic heterocycles. The molecule has 0 saturated carbocycles. The average Bonchev–Trinajstić information content (AvgIpc) is 2.72. The summed E-state index contributed by atoms with van der Waals surface area (Å²) in [5.74, 6) is 0. The number of rotatable bonds is 7. The minimum absolute atomic E-state index is 0.207. The van der Waals surface area contributed by atoms with Gasteiger partial charge in [-0.2, -0.15) is 5.10 Å². The van der Waals surface area contributed by atoms with E-state index in [-0.39, 0.29) is 6.04 Å². The molecule has 0 fully saturated rings. The van der Waals surface area contributed by atoms with Crippen LogP contribution in [0.15, 0.2) is 12.4 Å². The van der Waals surface area contributed by atoms with Gasteiger partial charge < -0.3 is 10.5 Å². The van der Waals surface area contributed by atoms with E-state index < -0.39 is 0 Å². The fourth-order valence-corrected chi connectivity index (χ4v) is 2.25. The normalized spacial score (nSPS) is 15.2. The zero-order chi connectivity index (χ0) is 12.8. The molecule has 0 radical (unpaired) electrons. The first-order chi connectivity index (χ1) is 8.13. The molecular formula is C12H24N4O. The van der Waals surface area contributed by atoms with Crippen molar-refractivity contribution in [1.29, 1.82) is 0 Å². The SMILES string of the molecule is CCN(C(C)COC)C(CN)c1cnn(C)c1. The predicted octanol–water partition coefficient (Wildman–Crippen LogP) is 0.777. The van der Waals surface area contributed by atoms with Gasteiger partial charge in [-0.15, -0.1) is 0 Å². The number of hydrogen-bond donors (Lipinski definition) is 1. The number of likely N-dealkylation sites (N-methyl/N-ethyl adjacent to an activating group) is 1. The van der Waals surface area contributed by atoms with Gasteiger partial charge in [-0.1, -0.05) is 6.92 Å². The molecule has 5 heteroatoms. The van der Waals surface area contributed by atoms with Gasteiger partial charge >= 0.3 is 0 Å². The van der Waals surface area contributed by atoms with Gasteiger partial charge in [-0.05, 0) is 13.5 Å². The van der Waals surface area contributed by atoms with Crippen molar-refractivity contribution in [3.63, 3.8) is 0 Å². The number of hydrogen-bond acceptors (Lipinski definition) is 4. The van der Waals surface area contributed by atoms with Crippen molar-refractivity contribution in [1.82, 2.24) is 14.7 Å². The number of aryl methyl sites for hydroxylation is 1. The summed E-state index contributed by atoms with van der Waals surface area (Å²) < 4.78 is 7.03. The Morgan fingerprint density at radius 2 is 2.29 bits per heavy atom. The molecule has 0 bridgehead atoms. The number of nitrogens with zero attached hydrogens (tertiary/aromatic N) is 3. The summed E-state index contributed by atoms with van der Waals surface area (Å²) in [5, 5.41) is 4.21. The minimum atomic E-state index is 0.207. The highest BCUT2D eigenvalue weighted by molar-refractivity contribution is 5.11. The first-order valence-electron chi connectivity index (χ1n) is 6.07. The second-order valence-corrected chi connectivity index (χ2v) is 4.33. The van der Waals surface area contributed by atoms with Crippen molar-refractivity contribution in [3.8, 4) is 0 Å². The number of ether oxygens (including phenoxy) is 1. The highest BCUT2D eigenvalue weighted by atomic mass is 16.5. The third-order valence-electron chi connectivity index (χ3n) is 3.07. The molecule has 1 rings (SSSR count). The van der Waals surface area contributed by atoms with E-state index in [9.17, 15) is 0 Å². The van der Waals surface area contributed by atoms with Crippen molar-refractivity contribution in [2.24, 2.45) is 12.8 Å². The summed E-state index contributed by atoms with van der Waals surface area (Å²) in [7, 11) is 3.65. The highest BCUT2D eigenvalue weighted by Gasteiger charge is 2.23. The van der Waals surface area contributed by atoms with E-state index in [0.717, 1.165) is 6.54 Å². The maximum atomic E-state index is 5.90. The number of nitrogens with two attached hydrogens (primary N) is 1. The van der Waals surface area contributed by atoms with Gasteiger partial charge in [-0.3, -0.25) is 9.58 Å². The molecule has 0 saturated heterocycles. The quantitative estimate of drug-likeness (QED) is 0.765. The summed E-state index contributed by atoms with van der Waals surface area (Å²) in [6, 6.07) is 0.553. The summed E-state index contributed by atoms with van der Waals surface area (Å²) in [6.45, 7) is 6.55. The summed E-state index contributed by atoms with van der Waals surface area (Å²) >= 11 is 0. The minimum Gasteiger partial charge on any atom is -0.383 e. The molecule has 0 aliphatic rings. The van der Waals surface area contributed by atoms with Crippen molar-refractivity contribution < 1.29 is 4.74 Å². The molecule has 0 aliphatic carbocycles. The average molecular weight is 240 g/mol. The molecule has 1 heterocycles. The van der Waals surface area contributed by atoms with E-state index in [1.165, 1.54) is 5.56 Å². The van der Waals surface area contributed by atoms with E-state index in [1.54, 1.807) is 7.11 Å². The third kappa shape index (κ3) is 3.52. The van der Waals surface area contributed by atoms with Crippen LogP contribution in [0, 0.1) is 0 Å². The molecule has 1 aromatic rings. The molecule has 2 atom stereocenters. The van der Waals surface area contributed by atoms with Gasteiger partial charge in [0.05, 0.1) is 18.8 Å². The first kappa shape index (κ1) is 14.2. The summed E-state index contributed by atoms with van der Waals surface area (Å²) in [4.78, 5) is 2.35. The van der Waals surface area contributed by atoms with Crippen LogP contribution in [0.5, 0.6) is 0 Å². The first-order valence-corrected chi connectivity index (χ1v) is 6.07. The van der Waals surface area contributed by atoms with E-state index in [4.69, 9.17) is 10.5 Å². The maximum absolute atomic E-state index is 5.90. The Balaban J connectivity index is 2.83. The summed E-state index contributed by atoms with van der Waals surface area (Å²) in [5.41, 5.74) is 7.07. The van der Waals surface area contributed by atoms with Crippen LogP contribution in [0.25, 0.3) is 0 Å². The second-order valence-electron chi connectivity index (χ2n) is 4.33. The molecule has 2 unspecified atom stereocenters. The van der Waals surface area contributed by atoms with Crippen LogP contribution in [0.4, 0.5) is 0 Å². The van der Waals surface area contributed by atoms with Gasteiger partial charge in [0.1, 0.15) is 0 Å². The van der Waals surface area contributed by atoms with E-state index in [0.29, 0.717) is 19.2 Å². The van der Waals surface area contributed by atoms with E-state index in [2.05, 4.69) is 23.8 Å². The fraction of sp³-hybridized carbons (Fsp3) is 0.750. The highest BCUT2D eigenvalue weighted by Crippen LogP contribution is 2.21. The van der Waals surface area contributed by atoms with Crippen molar-refractivity contribution >= 4 is 0 Å². The second kappa shape index (κ2) is 6.74. The standard InChI is InChI=1S/C12H24N4O/c1-5-16(10(2)9-17-4)12(6-13)11-7-14-15(3)8-11/h7-8,10,12H,5-6,9,13H2,1-4H3. The van der Waals surface area contributed by atoms with Crippen LogP contribution >= 0.6 is 0 Å². The van der Waals surface area contributed by atoms with Gasteiger partial charge in [0.25, 0.3) is 0 Å². The third-order valence-corrected chi connectivity index (χ3v) is 3.07. The molecule has 1 aromatic heterocycles. The Morgan fingerprint density at radius 1 is 1.59 bits per heavy atom. The molecule has 17 heavy (non-hydrogen) atoms. The van der Waals surface area contributed by atoms with Crippen molar-refractivity contribution in [2.75, 3.05) is 26.8 Å². The Kier molecular flexibility index (Phi) is 5.61. The lowest BCUT2D eigenvalue weighted by Gasteiger charge is -2.34. The molecule has 5 nitrogen and oxygen atoms in total. The lowest BCUT2D eigenvalue weighted by atomic mass is 10.1. The molecule has 0 spiro atoms. The predicted molar refractivity (Wildman–Crippen MR) is 68.7 cm³/mol. The van der Waals surface area contributed by atoms with E-state index >= 15 is 0 Å². The Labute approximate surface area is 104 Å². The Morgan fingerprint density at radius 3 is 2.71 bits per heavy atom. The largest absolute Gasteiger partial charge is 0.383 e. The van der Waals surface area contributed by atoms with Crippen LogP contribution in [0.1, 0.15) is 25.5 Å². The maximum Gasteiger partial charge on any atom is 0.0615 e. The number of methoxy groups -OCH3 is 1. The topological polar surface area (TPSA) is 56.3 Å². The zero-order valence-corrected chi connectivity index (χ0v) is 11.3. The molecular weight excluding hydrogens is 216 g/mol. The van der Waals surface area contributed by atoms with Gasteiger partial charge in [0.15, 0.2) is 0 Å². The monoisotopic (exact) mass is 240 g/mol. The van der Waals surface area contributed by atoms with Crippen molar-refractivity contribution in [3.05, 3.63) is 18.0 Å². The van der Waals surface area contributed by atoms with E-state index in [1.807, 2.05) is 24.1 Å². The van der Waals surface area contributed by atoms with Crippen LogP contribution < -0.4 is 5.73 Å². The molecule has 0 aromatic carbocycles. The van der Waals surface area contributed by atoms with Crippen LogP contribution in [-0.2, 0) is 11.8 Å². The lowest BCUT2D eigenvalue weighted by molar-refractivity contribution is 0.0751.